The van der Waals surface area contributed by atoms with E-state index in [1.165, 1.54) is 6.07 Å². The fourth-order valence-electron chi connectivity index (χ4n) is 4.04. The van der Waals surface area contributed by atoms with Gasteiger partial charge in [0.05, 0.1) is 15.9 Å². The topological polar surface area (TPSA) is 59.8 Å². The highest BCUT2D eigenvalue weighted by Gasteiger charge is 2.33. The summed E-state index contributed by atoms with van der Waals surface area (Å²) in [6.07, 6.45) is -4.55. The van der Waals surface area contributed by atoms with E-state index in [9.17, 15) is 18.0 Å². The molecule has 0 bridgehead atoms. The fourth-order valence-corrected chi connectivity index (χ4v) is 5.12. The van der Waals surface area contributed by atoms with Gasteiger partial charge in [-0.15, -0.1) is 11.3 Å². The number of carbonyl (C=O) groups is 1. The van der Waals surface area contributed by atoms with Crippen molar-refractivity contribution in [2.45, 2.75) is 19.1 Å². The van der Waals surface area contributed by atoms with Crippen LogP contribution < -0.4 is 5.32 Å². The first-order chi connectivity index (χ1) is 16.2. The maximum absolute atomic E-state index is 13.4. The molecule has 9 heteroatoms. The summed E-state index contributed by atoms with van der Waals surface area (Å²) < 4.78 is 41.3. The zero-order valence-corrected chi connectivity index (χ0v) is 19.0. The summed E-state index contributed by atoms with van der Waals surface area (Å²) in [5.74, 6) is 0.256. The zero-order valence-electron chi connectivity index (χ0n) is 18.2. The molecule has 34 heavy (non-hydrogen) atoms. The molecule has 0 radical (unpaired) electrons. The van der Waals surface area contributed by atoms with Gasteiger partial charge in [0.1, 0.15) is 22.4 Å². The normalized spacial score (nSPS) is 12.9. The van der Waals surface area contributed by atoms with E-state index in [1.807, 2.05) is 66.2 Å². The largest absolute Gasteiger partial charge is 0.433 e. The molecule has 1 unspecified atom stereocenters. The lowest BCUT2D eigenvalue weighted by atomic mass is 10.1. The SMILES string of the molecule is Cc1c(C(=O)NC(c2ccccc2)c2nc3ccccc3n2C)sc2nc(C(F)(F)F)ccc12. The van der Waals surface area contributed by atoms with Crippen LogP contribution in [0.1, 0.15) is 38.4 Å². The molecule has 0 aliphatic heterocycles. The molecular formula is C25H19F3N4OS. The van der Waals surface area contributed by atoms with Gasteiger partial charge in [-0.2, -0.15) is 13.2 Å². The van der Waals surface area contributed by atoms with Crippen molar-refractivity contribution in [1.29, 1.82) is 0 Å². The Morgan fingerprint density at radius 2 is 1.71 bits per heavy atom. The number of fused-ring (bicyclic) bond motifs is 2. The Morgan fingerprint density at radius 1 is 1.00 bits per heavy atom. The van der Waals surface area contributed by atoms with Crippen molar-refractivity contribution in [1.82, 2.24) is 19.9 Å². The second-order valence-electron chi connectivity index (χ2n) is 7.94. The molecule has 5 aromatic rings. The monoisotopic (exact) mass is 480 g/mol. The average molecular weight is 481 g/mol. The summed E-state index contributed by atoms with van der Waals surface area (Å²) in [7, 11) is 1.89. The Bertz CT molecular complexity index is 1520. The van der Waals surface area contributed by atoms with Gasteiger partial charge in [-0.3, -0.25) is 4.79 Å². The molecule has 0 fully saturated rings. The summed E-state index contributed by atoms with van der Waals surface area (Å²) in [6.45, 7) is 1.72. The highest BCUT2D eigenvalue weighted by atomic mass is 32.1. The zero-order chi connectivity index (χ0) is 24.0. The van der Waals surface area contributed by atoms with E-state index < -0.39 is 23.8 Å². The van der Waals surface area contributed by atoms with Gasteiger partial charge in [0.15, 0.2) is 0 Å². The van der Waals surface area contributed by atoms with Gasteiger partial charge in [0.2, 0.25) is 0 Å². The van der Waals surface area contributed by atoms with Gasteiger partial charge in [-0.05, 0) is 42.3 Å². The maximum Gasteiger partial charge on any atom is 0.433 e. The van der Waals surface area contributed by atoms with E-state index in [0.29, 0.717) is 21.7 Å². The lowest BCUT2D eigenvalue weighted by Crippen LogP contribution is -2.31. The van der Waals surface area contributed by atoms with Crippen LogP contribution in [0.3, 0.4) is 0 Å². The molecule has 0 saturated heterocycles. The highest BCUT2D eigenvalue weighted by Crippen LogP contribution is 2.35. The summed E-state index contributed by atoms with van der Waals surface area (Å²) in [5.41, 5.74) is 2.18. The van der Waals surface area contributed by atoms with Gasteiger partial charge in [-0.1, -0.05) is 42.5 Å². The number of hydrogen-bond acceptors (Lipinski definition) is 4. The van der Waals surface area contributed by atoms with Crippen molar-refractivity contribution in [3.8, 4) is 0 Å². The van der Waals surface area contributed by atoms with Crippen LogP contribution in [0, 0.1) is 6.92 Å². The molecule has 3 aromatic heterocycles. The molecule has 1 atom stereocenters. The minimum absolute atomic E-state index is 0.177. The number of pyridine rings is 1. The van der Waals surface area contributed by atoms with Crippen molar-refractivity contribution >= 4 is 38.5 Å². The van der Waals surface area contributed by atoms with Gasteiger partial charge in [-0.25, -0.2) is 9.97 Å². The van der Waals surface area contributed by atoms with Crippen LogP contribution in [0.2, 0.25) is 0 Å². The third kappa shape index (κ3) is 3.81. The number of hydrogen-bond donors (Lipinski definition) is 1. The number of aryl methyl sites for hydroxylation is 2. The number of carbonyl (C=O) groups excluding carboxylic acids is 1. The lowest BCUT2D eigenvalue weighted by molar-refractivity contribution is -0.140. The van der Waals surface area contributed by atoms with Crippen LogP contribution in [0.4, 0.5) is 13.2 Å². The van der Waals surface area contributed by atoms with Crippen LogP contribution in [0.25, 0.3) is 21.3 Å². The summed E-state index contributed by atoms with van der Waals surface area (Å²) in [5, 5.41) is 3.58. The van der Waals surface area contributed by atoms with Crippen LogP contribution >= 0.6 is 11.3 Å². The van der Waals surface area contributed by atoms with Crippen LogP contribution in [0.5, 0.6) is 0 Å². The molecule has 5 nitrogen and oxygen atoms in total. The van der Waals surface area contributed by atoms with Gasteiger partial charge in [0, 0.05) is 12.4 Å². The second-order valence-corrected chi connectivity index (χ2v) is 8.94. The van der Waals surface area contributed by atoms with Crippen LogP contribution in [-0.4, -0.2) is 20.4 Å². The molecule has 2 aromatic carbocycles. The molecule has 0 aliphatic rings. The number of aromatic nitrogens is 3. The fraction of sp³-hybridized carbons (Fsp3) is 0.160. The minimum Gasteiger partial charge on any atom is -0.337 e. The van der Waals surface area contributed by atoms with Gasteiger partial charge in [0.25, 0.3) is 5.91 Å². The van der Waals surface area contributed by atoms with Gasteiger partial charge >= 0.3 is 6.18 Å². The number of amides is 1. The first kappa shape index (κ1) is 22.1. The van der Waals surface area contributed by atoms with E-state index in [2.05, 4.69) is 10.3 Å². The molecule has 0 aliphatic carbocycles. The predicted octanol–water partition coefficient (Wildman–Crippen LogP) is 6.03. The minimum atomic E-state index is -4.55. The predicted molar refractivity (Wildman–Crippen MR) is 126 cm³/mol. The Morgan fingerprint density at radius 3 is 2.41 bits per heavy atom. The summed E-state index contributed by atoms with van der Waals surface area (Å²) in [4.78, 5) is 22.4. The number of alkyl halides is 3. The van der Waals surface area contributed by atoms with Crippen molar-refractivity contribution in [2.24, 2.45) is 7.05 Å². The molecule has 172 valence electrons. The molecule has 1 amide bonds. The first-order valence-corrected chi connectivity index (χ1v) is 11.3. The van der Waals surface area contributed by atoms with Crippen LogP contribution in [-0.2, 0) is 13.2 Å². The summed E-state index contributed by atoms with van der Waals surface area (Å²) >= 11 is 0.954. The standard InChI is InChI=1S/C25H19F3N4OS/c1-14-16-12-13-19(25(26,27)28)30-24(16)34-21(14)23(33)31-20(15-8-4-3-5-9-15)22-29-17-10-6-7-11-18(17)32(22)2/h3-13,20H,1-2H3,(H,31,33). The second kappa shape index (κ2) is 8.25. The third-order valence-corrected chi connectivity index (χ3v) is 6.99. The highest BCUT2D eigenvalue weighted by molar-refractivity contribution is 7.20. The van der Waals surface area contributed by atoms with Crippen LogP contribution in [0.15, 0.2) is 66.7 Å². The number of nitrogens with zero attached hydrogens (tertiary/aromatic N) is 3. The lowest BCUT2D eigenvalue weighted by Gasteiger charge is -2.19. The number of halogens is 3. The van der Waals surface area contributed by atoms with E-state index in [0.717, 1.165) is 34.0 Å². The van der Waals surface area contributed by atoms with Crippen molar-refractivity contribution in [3.05, 3.63) is 94.3 Å². The van der Waals surface area contributed by atoms with E-state index in [-0.39, 0.29) is 4.83 Å². The maximum atomic E-state index is 13.4. The Balaban J connectivity index is 1.56. The molecule has 5 rings (SSSR count). The Labute approximate surface area is 196 Å². The third-order valence-electron chi connectivity index (χ3n) is 5.79. The summed E-state index contributed by atoms with van der Waals surface area (Å²) in [6, 6.07) is 18.9. The van der Waals surface area contributed by atoms with Crippen molar-refractivity contribution < 1.29 is 18.0 Å². The molecule has 1 N–H and O–H groups in total. The van der Waals surface area contributed by atoms with Crippen molar-refractivity contribution in [3.63, 3.8) is 0 Å². The Kier molecular flexibility index (Phi) is 5.36. The number of benzene rings is 2. The van der Waals surface area contributed by atoms with E-state index in [1.54, 1.807) is 6.92 Å². The first-order valence-electron chi connectivity index (χ1n) is 10.5. The number of thiophene rings is 1. The average Bonchev–Trinajstić information content (AvgIpc) is 3.34. The Hall–Kier alpha value is -3.72. The number of rotatable bonds is 4. The molecular weight excluding hydrogens is 461 g/mol. The van der Waals surface area contributed by atoms with Gasteiger partial charge < -0.3 is 9.88 Å². The van der Waals surface area contributed by atoms with E-state index >= 15 is 0 Å². The molecule has 0 saturated carbocycles. The quantitative estimate of drug-likeness (QED) is 0.342. The molecule has 0 spiro atoms. The number of imidazole rings is 1. The van der Waals surface area contributed by atoms with E-state index in [4.69, 9.17) is 4.98 Å². The molecule has 3 heterocycles. The number of para-hydroxylation sites is 2. The smallest absolute Gasteiger partial charge is 0.337 e. The number of nitrogens with one attached hydrogen (secondary N) is 1. The van der Waals surface area contributed by atoms with Crippen molar-refractivity contribution in [2.75, 3.05) is 0 Å².